The van der Waals surface area contributed by atoms with Crippen molar-refractivity contribution < 1.29 is 12.6 Å². The van der Waals surface area contributed by atoms with Crippen LogP contribution in [0.15, 0.2) is 47.4 Å². The number of hydrogen-bond donors (Lipinski definition) is 0. The topological polar surface area (TPSA) is 43.4 Å². The molecule has 0 radical (unpaired) electrons. The first-order chi connectivity index (χ1) is 9.42. The molecule has 0 saturated heterocycles. The normalized spacial score (nSPS) is 11.3. The Morgan fingerprint density at radius 1 is 1.05 bits per heavy atom. The largest absolute Gasteiger partial charge is 0.379 e. The van der Waals surface area contributed by atoms with E-state index in [0.29, 0.717) is 15.4 Å². The summed E-state index contributed by atoms with van der Waals surface area (Å²) < 4.78 is 29.2. The summed E-state index contributed by atoms with van der Waals surface area (Å²) in [6.45, 7) is 0. The molecule has 0 heterocycles. The molecular weight excluding hydrogens is 387 g/mol. The molecule has 0 amide bonds. The van der Waals surface area contributed by atoms with Crippen molar-refractivity contribution >= 4 is 49.2 Å². The molecule has 3 nitrogen and oxygen atoms in total. The van der Waals surface area contributed by atoms with Gasteiger partial charge in [-0.3, -0.25) is 0 Å². The fourth-order valence-electron chi connectivity index (χ4n) is 1.46. The van der Waals surface area contributed by atoms with E-state index in [0.717, 1.165) is 5.56 Å². The van der Waals surface area contributed by atoms with Gasteiger partial charge in [-0.1, -0.05) is 45.2 Å². The van der Waals surface area contributed by atoms with Crippen LogP contribution in [0.4, 0.5) is 0 Å². The zero-order valence-corrected chi connectivity index (χ0v) is 13.9. The molecule has 0 unspecified atom stereocenters. The van der Waals surface area contributed by atoms with Crippen LogP contribution in [0.3, 0.4) is 0 Å². The van der Waals surface area contributed by atoms with E-state index in [-0.39, 0.29) is 10.6 Å². The average Bonchev–Trinajstić information content (AvgIpc) is 2.41. The predicted octanol–water partition coefficient (Wildman–Crippen LogP) is 4.66. The summed E-state index contributed by atoms with van der Waals surface area (Å²) in [5.41, 5.74) is 0.803. The van der Waals surface area contributed by atoms with E-state index in [1.807, 2.05) is 0 Å². The lowest BCUT2D eigenvalue weighted by atomic mass is 10.2. The van der Waals surface area contributed by atoms with E-state index in [1.165, 1.54) is 24.3 Å². The molecule has 0 spiro atoms. The molecule has 0 N–H and O–H groups in total. The quantitative estimate of drug-likeness (QED) is 0.558. The first-order valence-electron chi connectivity index (χ1n) is 5.47. The molecule has 0 aliphatic rings. The van der Waals surface area contributed by atoms with E-state index in [1.54, 1.807) is 18.2 Å². The second-order valence-electron chi connectivity index (χ2n) is 3.88. The second-order valence-corrected chi connectivity index (χ2v) is 6.83. The van der Waals surface area contributed by atoms with Gasteiger partial charge in [0.05, 0.1) is 0 Å². The summed E-state index contributed by atoms with van der Waals surface area (Å²) in [7, 11) is -3.92. The molecule has 20 heavy (non-hydrogen) atoms. The van der Waals surface area contributed by atoms with E-state index in [4.69, 9.17) is 27.4 Å². The molecule has 7 heteroatoms. The van der Waals surface area contributed by atoms with Crippen molar-refractivity contribution in [1.29, 1.82) is 0 Å². The highest BCUT2D eigenvalue weighted by Gasteiger charge is 2.18. The summed E-state index contributed by atoms with van der Waals surface area (Å²) in [6, 6.07) is 10.5. The fraction of sp³-hybridized carbons (Fsp3) is 0.0769. The van der Waals surface area contributed by atoms with E-state index >= 15 is 0 Å². The van der Waals surface area contributed by atoms with Crippen molar-refractivity contribution in [2.45, 2.75) is 10.2 Å². The van der Waals surface area contributed by atoms with Gasteiger partial charge in [0.1, 0.15) is 10.6 Å². The predicted molar refractivity (Wildman–Crippen MR) is 83.3 cm³/mol. The fourth-order valence-corrected chi connectivity index (χ4v) is 3.50. The monoisotopic (exact) mass is 394 g/mol. The van der Waals surface area contributed by atoms with Gasteiger partial charge in [0.25, 0.3) is 0 Å². The van der Waals surface area contributed by atoms with Crippen LogP contribution in [0, 0.1) is 0 Å². The number of benzene rings is 2. The first kappa shape index (κ1) is 15.6. The van der Waals surface area contributed by atoms with Gasteiger partial charge < -0.3 is 4.18 Å². The Morgan fingerprint density at radius 3 is 2.25 bits per heavy atom. The molecule has 0 saturated carbocycles. The van der Waals surface area contributed by atoms with Gasteiger partial charge in [-0.25, -0.2) is 0 Å². The van der Waals surface area contributed by atoms with Crippen molar-refractivity contribution in [3.8, 4) is 5.75 Å². The lowest BCUT2D eigenvalue weighted by Crippen LogP contribution is -2.09. The van der Waals surface area contributed by atoms with Crippen molar-refractivity contribution in [2.24, 2.45) is 0 Å². The minimum atomic E-state index is -3.92. The van der Waals surface area contributed by atoms with Gasteiger partial charge in [0, 0.05) is 15.4 Å². The van der Waals surface area contributed by atoms with Gasteiger partial charge >= 0.3 is 10.1 Å². The third-order valence-corrected chi connectivity index (χ3v) is 4.93. The van der Waals surface area contributed by atoms with Crippen molar-refractivity contribution in [3.63, 3.8) is 0 Å². The number of rotatable bonds is 4. The SMILES string of the molecule is O=S(=O)(Oc1ccc(Cl)cc1)c1ccc(CBr)c(Cl)c1. The van der Waals surface area contributed by atoms with Gasteiger partial charge in [0.15, 0.2) is 0 Å². The van der Waals surface area contributed by atoms with Crippen molar-refractivity contribution in [3.05, 3.63) is 58.1 Å². The Kier molecular flexibility index (Phi) is 4.96. The van der Waals surface area contributed by atoms with Gasteiger partial charge in [-0.05, 0) is 42.0 Å². The highest BCUT2D eigenvalue weighted by Crippen LogP contribution is 2.25. The summed E-state index contributed by atoms with van der Waals surface area (Å²) in [5.74, 6) is 0.190. The third-order valence-electron chi connectivity index (χ3n) is 2.48. The van der Waals surface area contributed by atoms with Crippen molar-refractivity contribution in [1.82, 2.24) is 0 Å². The number of alkyl halides is 1. The van der Waals surface area contributed by atoms with Crippen LogP contribution in [0.25, 0.3) is 0 Å². The Bertz CT molecular complexity index is 715. The lowest BCUT2D eigenvalue weighted by Gasteiger charge is -2.08. The summed E-state index contributed by atoms with van der Waals surface area (Å²) in [6.07, 6.45) is 0. The Hall–Kier alpha value is -0.750. The molecule has 0 aliphatic heterocycles. The zero-order valence-electron chi connectivity index (χ0n) is 10.0. The van der Waals surface area contributed by atoms with Crippen LogP contribution in [0.2, 0.25) is 10.0 Å². The molecule has 2 rings (SSSR count). The maximum atomic E-state index is 12.1. The smallest absolute Gasteiger partial charge is 0.339 e. The second kappa shape index (κ2) is 6.35. The van der Waals surface area contributed by atoms with Crippen LogP contribution < -0.4 is 4.18 Å². The zero-order chi connectivity index (χ0) is 14.8. The lowest BCUT2D eigenvalue weighted by molar-refractivity contribution is 0.486. The molecule has 0 atom stereocenters. The molecule has 2 aromatic rings. The Balaban J connectivity index is 2.30. The van der Waals surface area contributed by atoms with Gasteiger partial charge in [-0.15, -0.1) is 0 Å². The van der Waals surface area contributed by atoms with Crippen LogP contribution >= 0.6 is 39.1 Å². The molecule has 0 fully saturated rings. The van der Waals surface area contributed by atoms with Crippen molar-refractivity contribution in [2.75, 3.05) is 0 Å². The van der Waals surface area contributed by atoms with Gasteiger partial charge in [-0.2, -0.15) is 8.42 Å². The van der Waals surface area contributed by atoms with Crippen LogP contribution in [0.1, 0.15) is 5.56 Å². The molecule has 0 aliphatic carbocycles. The number of halogens is 3. The molecule has 2 aromatic carbocycles. The van der Waals surface area contributed by atoms with E-state index in [9.17, 15) is 8.42 Å². The molecular formula is C13H9BrCl2O3S. The molecule has 106 valence electrons. The van der Waals surface area contributed by atoms with E-state index in [2.05, 4.69) is 15.9 Å². The maximum absolute atomic E-state index is 12.1. The maximum Gasteiger partial charge on any atom is 0.339 e. The molecule has 0 aromatic heterocycles. The Morgan fingerprint density at radius 2 is 1.70 bits per heavy atom. The standard InChI is InChI=1S/C13H9BrCl2O3S/c14-8-9-1-6-12(7-13(9)16)20(17,18)19-11-4-2-10(15)3-5-11/h1-7H,8H2. The van der Waals surface area contributed by atoms with E-state index < -0.39 is 10.1 Å². The van der Waals surface area contributed by atoms with Gasteiger partial charge in [0.2, 0.25) is 0 Å². The number of hydrogen-bond acceptors (Lipinski definition) is 3. The Labute approximate surface area is 135 Å². The highest BCUT2D eigenvalue weighted by atomic mass is 79.9. The van der Waals surface area contributed by atoms with Crippen LogP contribution in [-0.4, -0.2) is 8.42 Å². The summed E-state index contributed by atoms with van der Waals surface area (Å²) >= 11 is 15.0. The minimum absolute atomic E-state index is 0.00199. The van der Waals surface area contributed by atoms with Crippen LogP contribution in [0.5, 0.6) is 5.75 Å². The minimum Gasteiger partial charge on any atom is -0.379 e. The average molecular weight is 396 g/mol. The summed E-state index contributed by atoms with van der Waals surface area (Å²) in [5, 5.41) is 1.41. The molecule has 0 bridgehead atoms. The van der Waals surface area contributed by atoms with Crippen LogP contribution in [-0.2, 0) is 15.4 Å². The third kappa shape index (κ3) is 3.67. The summed E-state index contributed by atoms with van der Waals surface area (Å²) in [4.78, 5) is 0.00199. The highest BCUT2D eigenvalue weighted by molar-refractivity contribution is 9.08. The first-order valence-corrected chi connectivity index (χ1v) is 8.75.